The van der Waals surface area contributed by atoms with Gasteiger partial charge in [-0.1, -0.05) is 0 Å². The lowest BCUT2D eigenvalue weighted by Crippen LogP contribution is -2.08. The summed E-state index contributed by atoms with van der Waals surface area (Å²) in [7, 11) is 2.77. The van der Waals surface area contributed by atoms with Gasteiger partial charge in [0, 0.05) is 17.7 Å². The molecule has 3 aromatic rings. The molecule has 0 atom stereocenters. The van der Waals surface area contributed by atoms with Gasteiger partial charge in [-0.15, -0.1) is 0 Å². The minimum absolute atomic E-state index is 0.0205. The van der Waals surface area contributed by atoms with Gasteiger partial charge in [0.05, 0.1) is 14.2 Å². The Bertz CT molecular complexity index is 924. The number of hydrogen-bond acceptors (Lipinski definition) is 6. The zero-order chi connectivity index (χ0) is 16.6. The van der Waals surface area contributed by atoms with Crippen LogP contribution in [-0.2, 0) is 0 Å². The van der Waals surface area contributed by atoms with E-state index in [2.05, 4.69) is 0 Å². The van der Waals surface area contributed by atoms with Crippen molar-refractivity contribution in [2.75, 3.05) is 14.2 Å². The molecule has 1 aromatic heterocycles. The first-order chi connectivity index (χ1) is 11.0. The van der Waals surface area contributed by atoms with Crippen molar-refractivity contribution in [1.29, 1.82) is 0 Å². The molecule has 118 valence electrons. The maximum absolute atomic E-state index is 12.7. The predicted octanol–water partition coefficient (Wildman–Crippen LogP) is 2.89. The van der Waals surface area contributed by atoms with Crippen LogP contribution in [0.15, 0.2) is 45.6 Å². The van der Waals surface area contributed by atoms with Crippen molar-refractivity contribution in [2.45, 2.75) is 0 Å². The zero-order valence-electron chi connectivity index (χ0n) is 12.5. The van der Waals surface area contributed by atoms with Gasteiger partial charge in [-0.05, 0) is 24.3 Å². The first-order valence-electron chi connectivity index (χ1n) is 6.76. The molecule has 23 heavy (non-hydrogen) atoms. The second-order valence-corrected chi connectivity index (χ2v) is 4.86. The number of rotatable bonds is 3. The largest absolute Gasteiger partial charge is 0.508 e. The molecule has 3 rings (SSSR count). The predicted molar refractivity (Wildman–Crippen MR) is 84.4 cm³/mol. The highest BCUT2D eigenvalue weighted by molar-refractivity contribution is 5.88. The molecule has 0 unspecified atom stereocenters. The lowest BCUT2D eigenvalue weighted by atomic mass is 10.1. The molecule has 1 heterocycles. The zero-order valence-corrected chi connectivity index (χ0v) is 12.5. The summed E-state index contributed by atoms with van der Waals surface area (Å²) in [5.74, 6) is 0.434. The van der Waals surface area contributed by atoms with Crippen LogP contribution in [0.4, 0.5) is 0 Å². The highest BCUT2D eigenvalue weighted by Crippen LogP contribution is 2.36. The molecule has 0 aliphatic heterocycles. The van der Waals surface area contributed by atoms with Crippen LogP contribution in [0.5, 0.6) is 23.0 Å². The van der Waals surface area contributed by atoms with Crippen LogP contribution in [0.3, 0.4) is 0 Å². The Morgan fingerprint density at radius 2 is 1.65 bits per heavy atom. The number of ether oxygens (including phenoxy) is 2. The number of hydrogen-bond donors (Lipinski definition) is 2. The molecule has 0 radical (unpaired) electrons. The average molecular weight is 314 g/mol. The second kappa shape index (κ2) is 5.57. The minimum atomic E-state index is -0.409. The fraction of sp³-hybridized carbons (Fsp3) is 0.118. The molecule has 0 aliphatic carbocycles. The summed E-state index contributed by atoms with van der Waals surface area (Å²) < 4.78 is 16.1. The Balaban J connectivity index is 2.39. The number of phenols is 2. The average Bonchev–Trinajstić information content (AvgIpc) is 2.54. The van der Waals surface area contributed by atoms with E-state index in [1.807, 2.05) is 0 Å². The van der Waals surface area contributed by atoms with Crippen molar-refractivity contribution in [1.82, 2.24) is 0 Å². The third-order valence-corrected chi connectivity index (χ3v) is 3.46. The monoisotopic (exact) mass is 314 g/mol. The van der Waals surface area contributed by atoms with E-state index < -0.39 is 5.43 Å². The van der Waals surface area contributed by atoms with E-state index in [-0.39, 0.29) is 39.7 Å². The van der Waals surface area contributed by atoms with Gasteiger partial charge in [-0.3, -0.25) is 4.79 Å². The standard InChI is InChI=1S/C17H14O6/c1-21-12-7-11(19)8-13-14(12)15(20)17(22-2)16(23-13)9-3-5-10(18)6-4-9/h3-8,18-19H,1-2H3. The molecular formula is C17H14O6. The summed E-state index contributed by atoms with van der Waals surface area (Å²) in [6, 6.07) is 8.82. The smallest absolute Gasteiger partial charge is 0.239 e. The van der Waals surface area contributed by atoms with Gasteiger partial charge in [0.1, 0.15) is 28.2 Å². The number of aromatic hydroxyl groups is 2. The van der Waals surface area contributed by atoms with Crippen LogP contribution in [0.1, 0.15) is 0 Å². The Hall–Kier alpha value is -3.15. The molecule has 0 bridgehead atoms. The summed E-state index contributed by atoms with van der Waals surface area (Å²) in [6.07, 6.45) is 0. The molecule has 6 heteroatoms. The lowest BCUT2D eigenvalue weighted by Gasteiger charge is -2.11. The van der Waals surface area contributed by atoms with Gasteiger partial charge in [0.25, 0.3) is 0 Å². The van der Waals surface area contributed by atoms with Crippen LogP contribution >= 0.6 is 0 Å². The normalized spacial score (nSPS) is 10.7. The molecule has 0 amide bonds. The highest BCUT2D eigenvalue weighted by Gasteiger charge is 2.20. The number of benzene rings is 2. The van der Waals surface area contributed by atoms with Crippen LogP contribution in [0.2, 0.25) is 0 Å². The Morgan fingerprint density at radius 3 is 2.26 bits per heavy atom. The minimum Gasteiger partial charge on any atom is -0.508 e. The van der Waals surface area contributed by atoms with Gasteiger partial charge in [-0.25, -0.2) is 0 Å². The van der Waals surface area contributed by atoms with E-state index in [1.165, 1.54) is 38.5 Å². The highest BCUT2D eigenvalue weighted by atomic mass is 16.5. The molecule has 0 fully saturated rings. The van der Waals surface area contributed by atoms with Gasteiger partial charge in [0.2, 0.25) is 11.2 Å². The van der Waals surface area contributed by atoms with E-state index in [1.54, 1.807) is 12.1 Å². The van der Waals surface area contributed by atoms with Crippen molar-refractivity contribution in [3.05, 3.63) is 46.6 Å². The summed E-state index contributed by atoms with van der Waals surface area (Å²) in [6.45, 7) is 0. The van der Waals surface area contributed by atoms with Crippen LogP contribution in [0, 0.1) is 0 Å². The third-order valence-electron chi connectivity index (χ3n) is 3.46. The lowest BCUT2D eigenvalue weighted by molar-refractivity contribution is 0.394. The molecule has 0 saturated heterocycles. The van der Waals surface area contributed by atoms with Crippen molar-refractivity contribution in [2.24, 2.45) is 0 Å². The Labute approximate surface area is 131 Å². The summed E-state index contributed by atoms with van der Waals surface area (Å²) in [5, 5.41) is 19.3. The second-order valence-electron chi connectivity index (χ2n) is 4.86. The first kappa shape index (κ1) is 14.8. The molecule has 2 aromatic carbocycles. The first-order valence-corrected chi connectivity index (χ1v) is 6.76. The van der Waals surface area contributed by atoms with E-state index in [9.17, 15) is 15.0 Å². The Morgan fingerprint density at radius 1 is 0.957 bits per heavy atom. The van der Waals surface area contributed by atoms with E-state index in [0.717, 1.165) is 0 Å². The maximum Gasteiger partial charge on any atom is 0.239 e. The van der Waals surface area contributed by atoms with Crippen molar-refractivity contribution >= 4 is 11.0 Å². The quantitative estimate of drug-likeness (QED) is 0.772. The van der Waals surface area contributed by atoms with Gasteiger partial charge in [0.15, 0.2) is 5.76 Å². The van der Waals surface area contributed by atoms with E-state index in [4.69, 9.17) is 13.9 Å². The van der Waals surface area contributed by atoms with Crippen LogP contribution < -0.4 is 14.9 Å². The molecule has 0 saturated carbocycles. The van der Waals surface area contributed by atoms with Gasteiger partial charge in [-0.2, -0.15) is 0 Å². The maximum atomic E-state index is 12.7. The molecular weight excluding hydrogens is 300 g/mol. The van der Waals surface area contributed by atoms with Crippen LogP contribution in [0.25, 0.3) is 22.3 Å². The topological polar surface area (TPSA) is 89.1 Å². The SMILES string of the molecule is COc1c(-c2ccc(O)cc2)oc2cc(O)cc(OC)c2c1=O. The summed E-state index contributed by atoms with van der Waals surface area (Å²) >= 11 is 0. The molecule has 0 spiro atoms. The third kappa shape index (κ3) is 2.44. The van der Waals surface area contributed by atoms with Gasteiger partial charge < -0.3 is 24.1 Å². The van der Waals surface area contributed by atoms with Gasteiger partial charge >= 0.3 is 0 Å². The Kier molecular flexibility index (Phi) is 3.57. The fourth-order valence-corrected chi connectivity index (χ4v) is 2.40. The van der Waals surface area contributed by atoms with Crippen molar-refractivity contribution < 1.29 is 24.1 Å². The number of methoxy groups -OCH3 is 2. The number of phenolic OH excluding ortho intramolecular Hbond substituents is 2. The van der Waals surface area contributed by atoms with E-state index >= 15 is 0 Å². The summed E-state index contributed by atoms with van der Waals surface area (Å²) in [5.41, 5.74) is 0.324. The van der Waals surface area contributed by atoms with Crippen molar-refractivity contribution in [3.8, 4) is 34.3 Å². The van der Waals surface area contributed by atoms with Crippen molar-refractivity contribution in [3.63, 3.8) is 0 Å². The molecule has 6 nitrogen and oxygen atoms in total. The molecule has 2 N–H and O–H groups in total. The fourth-order valence-electron chi connectivity index (χ4n) is 2.40. The van der Waals surface area contributed by atoms with Crippen LogP contribution in [-0.4, -0.2) is 24.4 Å². The van der Waals surface area contributed by atoms with E-state index in [0.29, 0.717) is 5.56 Å². The number of fused-ring (bicyclic) bond motifs is 1. The summed E-state index contributed by atoms with van der Waals surface area (Å²) in [4.78, 5) is 12.7. The molecule has 0 aliphatic rings.